The van der Waals surface area contributed by atoms with E-state index in [0.717, 1.165) is 12.1 Å². The summed E-state index contributed by atoms with van der Waals surface area (Å²) < 4.78 is 37.4. The van der Waals surface area contributed by atoms with Gasteiger partial charge in [0, 0.05) is 6.07 Å². The van der Waals surface area contributed by atoms with E-state index in [1.165, 1.54) is 0 Å². The molecular formula is C10H6Cl2F2N3O4P. The van der Waals surface area contributed by atoms with E-state index in [-0.39, 0.29) is 10.1 Å². The average molecular weight is 372 g/mol. The molecule has 0 fully saturated rings. The van der Waals surface area contributed by atoms with Crippen molar-refractivity contribution in [3.63, 3.8) is 0 Å². The number of hydrogen-bond acceptors (Lipinski definition) is 3. The van der Waals surface area contributed by atoms with Crippen molar-refractivity contribution in [2.75, 3.05) is 5.32 Å². The highest BCUT2D eigenvalue weighted by atomic mass is 35.5. The minimum atomic E-state index is -4.91. The first kappa shape index (κ1) is 16.9. The van der Waals surface area contributed by atoms with Gasteiger partial charge in [-0.05, 0) is 12.1 Å². The number of carbonyl (C=O) groups excluding carboxylic acids is 1. The fourth-order valence-corrected chi connectivity index (χ4v) is 2.68. The van der Waals surface area contributed by atoms with Crippen LogP contribution in [-0.4, -0.2) is 25.2 Å². The summed E-state index contributed by atoms with van der Waals surface area (Å²) >= 11 is 11.2. The zero-order valence-corrected chi connectivity index (χ0v) is 12.7. The van der Waals surface area contributed by atoms with Gasteiger partial charge in [-0.1, -0.05) is 23.2 Å². The molecule has 0 aliphatic rings. The molecule has 0 unspecified atom stereocenters. The first-order valence-corrected chi connectivity index (χ1v) is 7.70. The van der Waals surface area contributed by atoms with Gasteiger partial charge in [-0.15, -0.1) is 0 Å². The summed E-state index contributed by atoms with van der Waals surface area (Å²) in [5.74, 6) is -2.98. The summed E-state index contributed by atoms with van der Waals surface area (Å²) in [6.45, 7) is 0. The maximum atomic E-state index is 13.4. The van der Waals surface area contributed by atoms with Crippen LogP contribution < -0.4 is 5.32 Å². The molecule has 1 amide bonds. The summed E-state index contributed by atoms with van der Waals surface area (Å²) in [5, 5.41) is 4.16. The second kappa shape index (κ2) is 5.94. The van der Waals surface area contributed by atoms with Crippen molar-refractivity contribution >= 4 is 42.5 Å². The molecule has 22 heavy (non-hydrogen) atoms. The molecule has 1 aromatic heterocycles. The number of halogens is 4. The van der Waals surface area contributed by atoms with Gasteiger partial charge in [-0.2, -0.15) is 9.55 Å². The molecular weight excluding hydrogens is 366 g/mol. The molecule has 0 atom stereocenters. The van der Waals surface area contributed by atoms with Gasteiger partial charge in [-0.3, -0.25) is 4.79 Å². The fourth-order valence-electron chi connectivity index (χ4n) is 1.46. The minimum absolute atomic E-state index is 0.0623. The Morgan fingerprint density at radius 3 is 2.45 bits per heavy atom. The Hall–Kier alpha value is -1.51. The van der Waals surface area contributed by atoms with Crippen LogP contribution in [0, 0.1) is 11.6 Å². The monoisotopic (exact) mass is 371 g/mol. The topological polar surface area (TPSA) is 104 Å². The van der Waals surface area contributed by atoms with Crippen LogP contribution in [0.15, 0.2) is 18.2 Å². The number of anilines is 1. The third-order valence-corrected chi connectivity index (χ3v) is 4.11. The Bertz CT molecular complexity index is 808. The first-order valence-electron chi connectivity index (χ1n) is 5.38. The van der Waals surface area contributed by atoms with Gasteiger partial charge in [0.05, 0.1) is 5.69 Å². The highest BCUT2D eigenvalue weighted by Gasteiger charge is 2.29. The smallest absolute Gasteiger partial charge is 0.318 e. The van der Waals surface area contributed by atoms with Crippen LogP contribution >= 0.6 is 30.9 Å². The molecule has 0 radical (unpaired) electrons. The van der Waals surface area contributed by atoms with Crippen LogP contribution in [0.4, 0.5) is 14.5 Å². The molecule has 0 bridgehead atoms. The molecule has 12 heteroatoms. The van der Waals surface area contributed by atoms with Crippen LogP contribution in [0.3, 0.4) is 0 Å². The van der Waals surface area contributed by atoms with Crippen molar-refractivity contribution < 1.29 is 27.9 Å². The molecule has 0 aliphatic heterocycles. The van der Waals surface area contributed by atoms with E-state index in [4.69, 9.17) is 33.0 Å². The second-order valence-corrected chi connectivity index (χ2v) is 6.08. The first-order chi connectivity index (χ1) is 10.1. The van der Waals surface area contributed by atoms with Crippen LogP contribution in [0.25, 0.3) is 0 Å². The van der Waals surface area contributed by atoms with E-state index in [0.29, 0.717) is 6.07 Å². The predicted octanol–water partition coefficient (Wildman–Crippen LogP) is 2.66. The van der Waals surface area contributed by atoms with Gasteiger partial charge in [0.25, 0.3) is 5.91 Å². The van der Waals surface area contributed by atoms with Gasteiger partial charge in [0.15, 0.2) is 10.8 Å². The van der Waals surface area contributed by atoms with Crippen LogP contribution in [-0.2, 0) is 4.57 Å². The number of hydrogen-bond donors (Lipinski definition) is 3. The van der Waals surface area contributed by atoms with E-state index in [1.807, 2.05) is 5.32 Å². The number of aromatic nitrogens is 2. The van der Waals surface area contributed by atoms with E-state index >= 15 is 0 Å². The highest BCUT2D eigenvalue weighted by molar-refractivity contribution is 7.50. The molecule has 3 N–H and O–H groups in total. The largest absolute Gasteiger partial charge is 0.451 e. The maximum Gasteiger partial charge on any atom is 0.451 e. The average Bonchev–Trinajstić information content (AvgIpc) is 2.69. The molecule has 118 valence electrons. The van der Waals surface area contributed by atoms with Crippen molar-refractivity contribution in [1.82, 2.24) is 9.55 Å². The van der Waals surface area contributed by atoms with Crippen molar-refractivity contribution in [2.24, 2.45) is 0 Å². The summed E-state index contributed by atoms with van der Waals surface area (Å²) in [7, 11) is -4.91. The third-order valence-electron chi connectivity index (χ3n) is 2.40. The van der Waals surface area contributed by atoms with E-state index in [9.17, 15) is 18.1 Å². The Kier molecular flexibility index (Phi) is 4.55. The highest BCUT2D eigenvalue weighted by Crippen LogP contribution is 2.42. The number of amides is 1. The van der Waals surface area contributed by atoms with Gasteiger partial charge < -0.3 is 15.1 Å². The Morgan fingerprint density at radius 2 is 1.95 bits per heavy atom. The molecule has 0 saturated heterocycles. The zero-order chi connectivity index (χ0) is 16.7. The van der Waals surface area contributed by atoms with Gasteiger partial charge >= 0.3 is 7.75 Å². The lowest BCUT2D eigenvalue weighted by atomic mass is 10.3. The standard InChI is InChI=1S/C10H6Cl2F2N3O4P/c11-7-8(16-17(9(7)12)22(19,20)21)10(18)15-6-2-1-4(13)3-5(6)14/h1-3H,(H,15,18)(H2,19,20,21). The van der Waals surface area contributed by atoms with Crippen molar-refractivity contribution in [2.45, 2.75) is 0 Å². The number of rotatable bonds is 3. The summed E-state index contributed by atoms with van der Waals surface area (Å²) in [5.41, 5.74) is -0.997. The summed E-state index contributed by atoms with van der Waals surface area (Å²) in [4.78, 5) is 29.9. The van der Waals surface area contributed by atoms with Crippen molar-refractivity contribution in [1.29, 1.82) is 0 Å². The lowest BCUT2D eigenvalue weighted by Gasteiger charge is -2.05. The Morgan fingerprint density at radius 1 is 1.32 bits per heavy atom. The predicted molar refractivity (Wildman–Crippen MR) is 74.0 cm³/mol. The van der Waals surface area contributed by atoms with Crippen molar-refractivity contribution in [3.05, 3.63) is 45.7 Å². The zero-order valence-electron chi connectivity index (χ0n) is 10.3. The number of nitrogens with one attached hydrogen (secondary N) is 1. The number of carbonyl (C=O) groups is 1. The van der Waals surface area contributed by atoms with Crippen molar-refractivity contribution in [3.8, 4) is 0 Å². The quantitative estimate of drug-likeness (QED) is 0.719. The molecule has 7 nitrogen and oxygen atoms in total. The van der Waals surface area contributed by atoms with E-state index in [2.05, 4.69) is 5.10 Å². The number of nitrogens with zero attached hydrogens (tertiary/aromatic N) is 2. The lowest BCUT2D eigenvalue weighted by Crippen LogP contribution is -2.14. The minimum Gasteiger partial charge on any atom is -0.318 e. The van der Waals surface area contributed by atoms with Crippen LogP contribution in [0.2, 0.25) is 10.2 Å². The molecule has 1 heterocycles. The van der Waals surface area contributed by atoms with Crippen LogP contribution in [0.5, 0.6) is 0 Å². The molecule has 1 aromatic carbocycles. The van der Waals surface area contributed by atoms with Crippen LogP contribution in [0.1, 0.15) is 10.5 Å². The molecule has 0 spiro atoms. The van der Waals surface area contributed by atoms with E-state index in [1.54, 1.807) is 0 Å². The molecule has 2 rings (SSSR count). The normalized spacial score (nSPS) is 11.5. The third kappa shape index (κ3) is 3.29. The summed E-state index contributed by atoms with van der Waals surface area (Å²) in [6.07, 6.45) is 0. The lowest BCUT2D eigenvalue weighted by molar-refractivity contribution is 0.102. The van der Waals surface area contributed by atoms with Gasteiger partial charge in [-0.25, -0.2) is 13.3 Å². The molecule has 0 saturated carbocycles. The molecule has 2 aromatic rings. The second-order valence-electron chi connectivity index (χ2n) is 3.93. The summed E-state index contributed by atoms with van der Waals surface area (Å²) in [6, 6.07) is 2.40. The van der Waals surface area contributed by atoms with Gasteiger partial charge in [0.1, 0.15) is 16.7 Å². The Balaban J connectivity index is 2.36. The van der Waals surface area contributed by atoms with E-state index < -0.39 is 41.2 Å². The fraction of sp³-hybridized carbons (Fsp3) is 0. The molecule has 0 aliphatic carbocycles. The Labute approximate surface area is 131 Å². The maximum absolute atomic E-state index is 13.4. The van der Waals surface area contributed by atoms with Gasteiger partial charge in [0.2, 0.25) is 0 Å². The number of benzene rings is 1. The SMILES string of the molecule is O=C(Nc1ccc(F)cc1F)c1nn(P(=O)(O)O)c(Cl)c1Cl.